The fourth-order valence-corrected chi connectivity index (χ4v) is 3.09. The standard InChI is InChI=1S/C20H34N2O.C2H7N/c1-4-5-13-20(2,3)16-23-15-7-6-10-18-12-11-17-9-8-14-21-19(17)22-18;1-3-2/h11-12H,4-10,13-16H2,1-3H3,(H,21,22);3H,1-2H3. The average molecular weight is 364 g/mol. The molecule has 1 aliphatic heterocycles. The van der Waals surface area contributed by atoms with Crippen molar-refractivity contribution in [2.24, 2.45) is 5.41 Å². The maximum atomic E-state index is 5.89. The number of pyridine rings is 1. The van der Waals surface area contributed by atoms with E-state index in [4.69, 9.17) is 9.72 Å². The second kappa shape index (κ2) is 13.1. The first-order chi connectivity index (χ1) is 12.5. The maximum absolute atomic E-state index is 5.89. The van der Waals surface area contributed by atoms with Crippen LogP contribution in [0.15, 0.2) is 12.1 Å². The lowest BCUT2D eigenvalue weighted by Gasteiger charge is -2.24. The molecule has 0 atom stereocenters. The summed E-state index contributed by atoms with van der Waals surface area (Å²) in [7, 11) is 3.75. The highest BCUT2D eigenvalue weighted by Gasteiger charge is 2.17. The smallest absolute Gasteiger partial charge is 0.129 e. The largest absolute Gasteiger partial charge is 0.381 e. The average Bonchev–Trinajstić information content (AvgIpc) is 2.63. The SMILES string of the molecule is CCCCC(C)(C)COCCCCc1ccc2c(n1)NCCC2.CNC. The number of aromatic nitrogens is 1. The molecule has 1 aromatic rings. The Hall–Kier alpha value is -1.13. The van der Waals surface area contributed by atoms with E-state index in [1.807, 2.05) is 14.1 Å². The summed E-state index contributed by atoms with van der Waals surface area (Å²) in [5, 5.41) is 6.16. The van der Waals surface area contributed by atoms with E-state index in [0.717, 1.165) is 51.3 Å². The van der Waals surface area contributed by atoms with Crippen molar-refractivity contribution in [1.82, 2.24) is 10.3 Å². The quantitative estimate of drug-likeness (QED) is 0.584. The summed E-state index contributed by atoms with van der Waals surface area (Å²) >= 11 is 0. The second-order valence-electron chi connectivity index (χ2n) is 8.12. The number of hydrogen-bond acceptors (Lipinski definition) is 4. The van der Waals surface area contributed by atoms with Crippen LogP contribution in [0.4, 0.5) is 5.82 Å². The highest BCUT2D eigenvalue weighted by molar-refractivity contribution is 5.46. The first-order valence-electron chi connectivity index (χ1n) is 10.4. The van der Waals surface area contributed by atoms with Crippen LogP contribution in [0.1, 0.15) is 70.6 Å². The third-order valence-electron chi connectivity index (χ3n) is 4.62. The molecule has 2 heterocycles. The van der Waals surface area contributed by atoms with Crippen molar-refractivity contribution >= 4 is 5.82 Å². The Morgan fingerprint density at radius 3 is 2.69 bits per heavy atom. The van der Waals surface area contributed by atoms with Gasteiger partial charge < -0.3 is 15.4 Å². The van der Waals surface area contributed by atoms with Crippen LogP contribution in [0.2, 0.25) is 0 Å². The Kier molecular flexibility index (Phi) is 11.5. The number of aryl methyl sites for hydroxylation is 2. The first kappa shape index (κ1) is 22.9. The van der Waals surface area contributed by atoms with Crippen LogP contribution in [0, 0.1) is 5.41 Å². The van der Waals surface area contributed by atoms with E-state index in [0.29, 0.717) is 5.41 Å². The number of nitrogens with one attached hydrogen (secondary N) is 2. The van der Waals surface area contributed by atoms with Crippen molar-refractivity contribution in [3.8, 4) is 0 Å². The van der Waals surface area contributed by atoms with Gasteiger partial charge in [0.05, 0.1) is 6.61 Å². The molecule has 0 spiro atoms. The van der Waals surface area contributed by atoms with E-state index in [2.05, 4.69) is 43.5 Å². The van der Waals surface area contributed by atoms with E-state index < -0.39 is 0 Å². The zero-order valence-electron chi connectivity index (χ0n) is 17.8. The summed E-state index contributed by atoms with van der Waals surface area (Å²) in [5.41, 5.74) is 2.90. The van der Waals surface area contributed by atoms with Gasteiger partial charge in [-0.25, -0.2) is 4.98 Å². The van der Waals surface area contributed by atoms with Gasteiger partial charge in [-0.05, 0) is 69.7 Å². The number of nitrogens with zero attached hydrogens (tertiary/aromatic N) is 1. The lowest BCUT2D eigenvalue weighted by atomic mass is 9.88. The molecule has 2 N–H and O–H groups in total. The lowest BCUT2D eigenvalue weighted by Crippen LogP contribution is -2.19. The van der Waals surface area contributed by atoms with Crippen LogP contribution < -0.4 is 10.6 Å². The molecule has 0 fully saturated rings. The summed E-state index contributed by atoms with van der Waals surface area (Å²) in [6.45, 7) is 9.69. The molecule has 4 heteroatoms. The number of rotatable bonds is 10. The summed E-state index contributed by atoms with van der Waals surface area (Å²) in [6.07, 6.45) is 9.54. The van der Waals surface area contributed by atoms with Crippen LogP contribution in [0.3, 0.4) is 0 Å². The normalized spacial score (nSPS) is 13.4. The highest BCUT2D eigenvalue weighted by Crippen LogP contribution is 2.23. The Morgan fingerprint density at radius 2 is 1.96 bits per heavy atom. The van der Waals surface area contributed by atoms with E-state index in [1.54, 1.807) is 0 Å². The topological polar surface area (TPSA) is 46.2 Å². The number of fused-ring (bicyclic) bond motifs is 1. The molecule has 0 amide bonds. The van der Waals surface area contributed by atoms with Crippen LogP contribution in [0.5, 0.6) is 0 Å². The van der Waals surface area contributed by atoms with E-state index >= 15 is 0 Å². The van der Waals surface area contributed by atoms with Crippen molar-refractivity contribution in [1.29, 1.82) is 0 Å². The van der Waals surface area contributed by atoms with Crippen LogP contribution in [-0.2, 0) is 17.6 Å². The van der Waals surface area contributed by atoms with Crippen LogP contribution in [-0.4, -0.2) is 38.8 Å². The van der Waals surface area contributed by atoms with Crippen molar-refractivity contribution in [3.63, 3.8) is 0 Å². The van der Waals surface area contributed by atoms with E-state index in [1.165, 1.54) is 36.9 Å². The van der Waals surface area contributed by atoms with E-state index in [9.17, 15) is 0 Å². The summed E-state index contributed by atoms with van der Waals surface area (Å²) in [4.78, 5) is 4.75. The molecule has 0 bridgehead atoms. The molecular weight excluding hydrogens is 322 g/mol. The van der Waals surface area contributed by atoms with Crippen molar-refractivity contribution in [3.05, 3.63) is 23.4 Å². The molecule has 0 saturated heterocycles. The monoisotopic (exact) mass is 363 g/mol. The molecule has 0 aromatic carbocycles. The van der Waals surface area contributed by atoms with Crippen LogP contribution >= 0.6 is 0 Å². The fourth-order valence-electron chi connectivity index (χ4n) is 3.09. The van der Waals surface area contributed by atoms with Crippen molar-refractivity contribution in [2.45, 2.75) is 72.1 Å². The van der Waals surface area contributed by atoms with Gasteiger partial charge >= 0.3 is 0 Å². The molecule has 0 aliphatic carbocycles. The first-order valence-corrected chi connectivity index (χ1v) is 10.4. The zero-order valence-corrected chi connectivity index (χ0v) is 17.8. The van der Waals surface area contributed by atoms with Gasteiger partial charge in [0, 0.05) is 18.8 Å². The van der Waals surface area contributed by atoms with Gasteiger partial charge in [-0.2, -0.15) is 0 Å². The predicted molar refractivity (Wildman–Crippen MR) is 113 cm³/mol. The molecule has 2 rings (SSSR count). The van der Waals surface area contributed by atoms with Crippen molar-refractivity contribution in [2.75, 3.05) is 39.2 Å². The van der Waals surface area contributed by atoms with Gasteiger partial charge in [-0.15, -0.1) is 0 Å². The maximum Gasteiger partial charge on any atom is 0.129 e. The van der Waals surface area contributed by atoms with Gasteiger partial charge in [-0.1, -0.05) is 39.7 Å². The third-order valence-corrected chi connectivity index (χ3v) is 4.62. The van der Waals surface area contributed by atoms with Crippen molar-refractivity contribution < 1.29 is 4.74 Å². The number of hydrogen-bond donors (Lipinski definition) is 2. The Labute approximate surface area is 161 Å². The molecular formula is C22H41N3O. The minimum Gasteiger partial charge on any atom is -0.381 e. The lowest BCUT2D eigenvalue weighted by molar-refractivity contribution is 0.0546. The van der Waals surface area contributed by atoms with Gasteiger partial charge in [0.25, 0.3) is 0 Å². The minimum absolute atomic E-state index is 0.321. The van der Waals surface area contributed by atoms with Crippen LogP contribution in [0.25, 0.3) is 0 Å². The molecule has 1 aliphatic rings. The minimum atomic E-state index is 0.321. The van der Waals surface area contributed by atoms with Gasteiger partial charge in [0.2, 0.25) is 0 Å². The number of unbranched alkanes of at least 4 members (excludes halogenated alkanes) is 2. The number of ether oxygens (including phenoxy) is 1. The predicted octanol–water partition coefficient (Wildman–Crippen LogP) is 4.83. The summed E-state index contributed by atoms with van der Waals surface area (Å²) in [5.74, 6) is 1.11. The molecule has 0 unspecified atom stereocenters. The Balaban J connectivity index is 0.00000105. The zero-order chi connectivity index (χ0) is 19.3. The molecule has 0 radical (unpaired) electrons. The van der Waals surface area contributed by atoms with Gasteiger partial charge in [-0.3, -0.25) is 0 Å². The Morgan fingerprint density at radius 1 is 1.19 bits per heavy atom. The van der Waals surface area contributed by atoms with Gasteiger partial charge in [0.1, 0.15) is 5.82 Å². The summed E-state index contributed by atoms with van der Waals surface area (Å²) in [6, 6.07) is 4.44. The fraction of sp³-hybridized carbons (Fsp3) is 0.773. The summed E-state index contributed by atoms with van der Waals surface area (Å²) < 4.78 is 5.89. The Bertz CT molecular complexity index is 488. The highest BCUT2D eigenvalue weighted by atomic mass is 16.5. The number of anilines is 1. The third kappa shape index (κ3) is 9.54. The van der Waals surface area contributed by atoms with E-state index in [-0.39, 0.29) is 0 Å². The molecule has 150 valence electrons. The molecule has 4 nitrogen and oxygen atoms in total. The second-order valence-corrected chi connectivity index (χ2v) is 8.12. The molecule has 1 aromatic heterocycles. The van der Waals surface area contributed by atoms with Gasteiger partial charge in [0.15, 0.2) is 0 Å². The molecule has 26 heavy (non-hydrogen) atoms. The molecule has 0 saturated carbocycles.